The Balaban J connectivity index is 1.41. The van der Waals surface area contributed by atoms with E-state index in [-0.39, 0.29) is 0 Å². The predicted molar refractivity (Wildman–Crippen MR) is 124 cm³/mol. The summed E-state index contributed by atoms with van der Waals surface area (Å²) in [4.78, 5) is 46.7. The second kappa shape index (κ2) is 8.38. The summed E-state index contributed by atoms with van der Waals surface area (Å²) >= 11 is 0. The number of rotatable bonds is 4. The van der Waals surface area contributed by atoms with Crippen LogP contribution in [0.3, 0.4) is 0 Å². The minimum absolute atomic E-state index is 0.413. The van der Waals surface area contributed by atoms with Crippen LogP contribution in [0.25, 0.3) is 0 Å². The first-order valence-corrected chi connectivity index (χ1v) is 11.9. The zero-order chi connectivity index (χ0) is 25.2. The van der Waals surface area contributed by atoms with E-state index >= 15 is 0 Å². The molecule has 10 nitrogen and oxygen atoms in total. The van der Waals surface area contributed by atoms with Gasteiger partial charge in [-0.2, -0.15) is 0 Å². The van der Waals surface area contributed by atoms with Gasteiger partial charge in [0.05, 0.1) is 11.4 Å². The third-order valence-electron chi connectivity index (χ3n) is 6.85. The van der Waals surface area contributed by atoms with Crippen LogP contribution in [0.15, 0.2) is 60.7 Å². The molecule has 4 aliphatic heterocycles. The number of fused-ring (bicyclic) bond motifs is 2. The Hall–Kier alpha value is -3.31. The first kappa shape index (κ1) is 23.1. The van der Waals surface area contributed by atoms with Gasteiger partial charge in [-0.25, -0.2) is 9.96 Å². The van der Waals surface area contributed by atoms with Crippen LogP contribution in [0.4, 0.5) is 11.4 Å². The fourth-order valence-electron chi connectivity index (χ4n) is 5.52. The first-order chi connectivity index (χ1) is 17.2. The number of hydrogen-bond acceptors (Lipinski definition) is 9. The van der Waals surface area contributed by atoms with Crippen molar-refractivity contribution < 1.29 is 38.2 Å². The lowest BCUT2D eigenvalue weighted by Gasteiger charge is -2.35. The van der Waals surface area contributed by atoms with Gasteiger partial charge >= 0.3 is 5.97 Å². The predicted octanol–water partition coefficient (Wildman–Crippen LogP) is 2.17. The minimum atomic E-state index is -1.07. The Morgan fingerprint density at radius 3 is 2.17 bits per heavy atom. The molecular weight excluding hydrogens is 468 g/mol. The van der Waals surface area contributed by atoms with Crippen molar-refractivity contribution in [2.75, 3.05) is 9.96 Å². The summed E-state index contributed by atoms with van der Waals surface area (Å²) in [5, 5.41) is 1.53. The summed E-state index contributed by atoms with van der Waals surface area (Å²) in [6.07, 6.45) is -4.35. The van der Waals surface area contributed by atoms with Crippen molar-refractivity contribution in [3.05, 3.63) is 60.7 Å². The van der Waals surface area contributed by atoms with Crippen molar-refractivity contribution in [1.29, 1.82) is 0 Å². The quantitative estimate of drug-likeness (QED) is 0.467. The van der Waals surface area contributed by atoms with Gasteiger partial charge in [-0.3, -0.25) is 19.2 Å². The third-order valence-corrected chi connectivity index (χ3v) is 6.85. The number of esters is 1. The van der Waals surface area contributed by atoms with Gasteiger partial charge < -0.3 is 18.9 Å². The molecule has 0 spiro atoms. The molecule has 2 amide bonds. The summed E-state index contributed by atoms with van der Waals surface area (Å²) < 4.78 is 23.9. The molecule has 0 unspecified atom stereocenters. The highest BCUT2D eigenvalue weighted by atomic mass is 16.8. The smallest absolute Gasteiger partial charge is 0.303 e. The van der Waals surface area contributed by atoms with Crippen LogP contribution in [0.1, 0.15) is 20.8 Å². The van der Waals surface area contributed by atoms with Crippen LogP contribution in [0.2, 0.25) is 0 Å². The van der Waals surface area contributed by atoms with E-state index in [0.717, 1.165) is 4.90 Å². The topological polar surface area (TPSA) is 104 Å². The second-order valence-electron chi connectivity index (χ2n) is 9.69. The molecule has 188 valence electrons. The maximum absolute atomic E-state index is 13.8. The van der Waals surface area contributed by atoms with Gasteiger partial charge in [0.25, 0.3) is 5.91 Å². The Morgan fingerprint density at radius 2 is 1.53 bits per heavy atom. The van der Waals surface area contributed by atoms with Crippen molar-refractivity contribution in [2.45, 2.75) is 63.3 Å². The molecule has 0 bridgehead atoms. The largest absolute Gasteiger partial charge is 0.457 e. The number of carbonyl (C=O) groups is 3. The van der Waals surface area contributed by atoms with Crippen LogP contribution in [0, 0.1) is 5.92 Å². The molecule has 4 fully saturated rings. The number of ether oxygens (including phenoxy) is 4. The summed E-state index contributed by atoms with van der Waals surface area (Å²) in [6.45, 7) is 4.79. The zero-order valence-electron chi connectivity index (χ0n) is 20.0. The molecular formula is C26H26N2O8. The summed E-state index contributed by atoms with van der Waals surface area (Å²) in [7, 11) is 0. The van der Waals surface area contributed by atoms with E-state index in [1.165, 1.54) is 12.0 Å². The Bertz CT molecular complexity index is 1190. The molecule has 0 saturated carbocycles. The molecule has 2 aromatic rings. The molecule has 6 rings (SSSR count). The summed E-state index contributed by atoms with van der Waals surface area (Å²) in [5.74, 6) is -3.24. The van der Waals surface area contributed by atoms with Crippen LogP contribution in [0.5, 0.6) is 0 Å². The number of anilines is 2. The molecule has 0 aromatic heterocycles. The van der Waals surface area contributed by atoms with Crippen molar-refractivity contribution in [1.82, 2.24) is 0 Å². The van der Waals surface area contributed by atoms with E-state index < -0.39 is 66.2 Å². The molecule has 0 radical (unpaired) electrons. The van der Waals surface area contributed by atoms with Gasteiger partial charge in [0.15, 0.2) is 30.4 Å². The van der Waals surface area contributed by atoms with E-state index in [2.05, 4.69) is 0 Å². The van der Waals surface area contributed by atoms with Crippen molar-refractivity contribution in [3.63, 3.8) is 0 Å². The summed E-state index contributed by atoms with van der Waals surface area (Å²) in [5.41, 5.74) is 1.10. The number of nitrogens with zero attached hydrogens (tertiary/aromatic N) is 2. The van der Waals surface area contributed by atoms with Crippen LogP contribution in [-0.2, 0) is 38.2 Å². The molecule has 0 aliphatic carbocycles. The van der Waals surface area contributed by atoms with E-state index in [1.807, 2.05) is 36.4 Å². The number of imide groups is 1. The Morgan fingerprint density at radius 1 is 0.889 bits per heavy atom. The number of amides is 2. The molecule has 4 aliphatic rings. The standard InChI is InChI=1S/C26H26N2O8/c1-14(29)32-21-20(33-25-22(21)34-26(2,3)35-25)18-17-19(36-28(18)16-12-8-5-9-13-16)24(31)27(23(17)30)15-10-6-4-7-11-15/h4-13,17-22,25H,1-3H3/t17-,18+,19+,20-,21+,22-,25-/m1/s1. The van der Waals surface area contributed by atoms with Crippen LogP contribution < -0.4 is 9.96 Å². The van der Waals surface area contributed by atoms with Gasteiger partial charge in [0.2, 0.25) is 5.91 Å². The number of hydroxylamine groups is 1. The molecule has 0 N–H and O–H groups in total. The highest BCUT2D eigenvalue weighted by Crippen LogP contribution is 2.47. The van der Waals surface area contributed by atoms with Gasteiger partial charge in [-0.05, 0) is 38.1 Å². The van der Waals surface area contributed by atoms with Crippen LogP contribution in [-0.4, -0.2) is 60.3 Å². The number of carbonyl (C=O) groups excluding carboxylic acids is 3. The highest BCUT2D eigenvalue weighted by molar-refractivity contribution is 6.23. The fourth-order valence-corrected chi connectivity index (χ4v) is 5.52. The molecule has 4 saturated heterocycles. The van der Waals surface area contributed by atoms with Gasteiger partial charge in [-0.15, -0.1) is 0 Å². The lowest BCUT2D eigenvalue weighted by molar-refractivity contribution is -0.221. The van der Waals surface area contributed by atoms with Gasteiger partial charge in [0.1, 0.15) is 18.1 Å². The normalized spacial score (nSPS) is 34.7. The highest BCUT2D eigenvalue weighted by Gasteiger charge is 2.67. The summed E-state index contributed by atoms with van der Waals surface area (Å²) in [6, 6.07) is 17.0. The van der Waals surface area contributed by atoms with E-state index in [0.29, 0.717) is 11.4 Å². The first-order valence-electron chi connectivity index (χ1n) is 11.9. The lowest BCUT2D eigenvalue weighted by atomic mass is 9.89. The van der Waals surface area contributed by atoms with E-state index in [9.17, 15) is 14.4 Å². The maximum Gasteiger partial charge on any atom is 0.303 e. The third kappa shape index (κ3) is 3.60. The number of benzene rings is 2. The zero-order valence-corrected chi connectivity index (χ0v) is 20.0. The van der Waals surface area contributed by atoms with Crippen molar-refractivity contribution >= 4 is 29.2 Å². The average Bonchev–Trinajstić information content (AvgIpc) is 3.53. The van der Waals surface area contributed by atoms with Gasteiger partial charge in [0, 0.05) is 6.92 Å². The van der Waals surface area contributed by atoms with Crippen LogP contribution >= 0.6 is 0 Å². The molecule has 2 aromatic carbocycles. The molecule has 36 heavy (non-hydrogen) atoms. The number of para-hydroxylation sites is 2. The fraction of sp³-hybridized carbons (Fsp3) is 0.423. The maximum atomic E-state index is 13.8. The van der Waals surface area contributed by atoms with E-state index in [1.54, 1.807) is 38.1 Å². The Labute approximate surface area is 207 Å². The Kier molecular flexibility index (Phi) is 5.38. The van der Waals surface area contributed by atoms with Gasteiger partial charge in [-0.1, -0.05) is 36.4 Å². The number of hydrogen-bond donors (Lipinski definition) is 0. The average molecular weight is 495 g/mol. The molecule has 7 atom stereocenters. The monoisotopic (exact) mass is 494 g/mol. The second-order valence-corrected chi connectivity index (χ2v) is 9.69. The van der Waals surface area contributed by atoms with Crippen molar-refractivity contribution in [3.8, 4) is 0 Å². The molecule has 4 heterocycles. The van der Waals surface area contributed by atoms with E-state index in [4.69, 9.17) is 23.8 Å². The minimum Gasteiger partial charge on any atom is -0.457 e. The lowest BCUT2D eigenvalue weighted by Crippen LogP contribution is -2.53. The molecule has 10 heteroatoms. The van der Waals surface area contributed by atoms with Crippen molar-refractivity contribution in [2.24, 2.45) is 5.92 Å². The SMILES string of the molecule is CC(=O)O[C@@H]1[C@H]2OC(C)(C)O[C@H]2O[C@@H]1[C@@H]1[C@H]2C(=O)N(c3ccccc3)C(=O)[C@H]2ON1c1ccccc1.